The molecule has 5 fully saturated rings. The highest BCUT2D eigenvalue weighted by atomic mass is 32.1. The molecule has 0 aromatic carbocycles. The first kappa shape index (κ1) is 16.8. The molecular formula is C21H28N2O2S. The van der Waals surface area contributed by atoms with Gasteiger partial charge in [-0.15, -0.1) is 0 Å². The summed E-state index contributed by atoms with van der Waals surface area (Å²) in [4.78, 5) is 27.8. The molecule has 1 N–H and O–H groups in total. The van der Waals surface area contributed by atoms with Crippen molar-refractivity contribution in [1.82, 2.24) is 10.2 Å². The van der Waals surface area contributed by atoms with Crippen LogP contribution in [0.25, 0.3) is 0 Å². The van der Waals surface area contributed by atoms with Gasteiger partial charge in [-0.05, 0) is 91.5 Å². The molecule has 5 aliphatic rings. The maximum Gasteiger partial charge on any atom is 0.242 e. The Bertz CT molecular complexity index is 664. The molecule has 4 bridgehead atoms. The van der Waals surface area contributed by atoms with Gasteiger partial charge in [-0.1, -0.05) is 0 Å². The predicted octanol–water partition coefficient (Wildman–Crippen LogP) is 3.74. The Hall–Kier alpha value is -1.36. The van der Waals surface area contributed by atoms with Gasteiger partial charge in [-0.25, -0.2) is 0 Å². The summed E-state index contributed by atoms with van der Waals surface area (Å²) in [6.07, 6.45) is 9.26. The molecule has 4 aliphatic carbocycles. The lowest BCUT2D eigenvalue weighted by atomic mass is 9.49. The number of amides is 2. The Kier molecular flexibility index (Phi) is 4.11. The molecule has 1 atom stereocenters. The van der Waals surface area contributed by atoms with Crippen LogP contribution >= 0.6 is 11.3 Å². The van der Waals surface area contributed by atoms with Crippen LogP contribution in [-0.4, -0.2) is 29.8 Å². The highest BCUT2D eigenvalue weighted by Crippen LogP contribution is 2.60. The molecule has 2 amide bonds. The van der Waals surface area contributed by atoms with Gasteiger partial charge < -0.3 is 10.2 Å². The number of nitrogens with one attached hydrogen (secondary N) is 1. The predicted molar refractivity (Wildman–Crippen MR) is 102 cm³/mol. The van der Waals surface area contributed by atoms with Gasteiger partial charge in [0.2, 0.25) is 11.8 Å². The fraction of sp³-hybridized carbons (Fsp3) is 0.714. The van der Waals surface area contributed by atoms with E-state index in [4.69, 9.17) is 0 Å². The molecule has 1 aromatic rings. The maximum atomic E-state index is 13.0. The maximum absolute atomic E-state index is 13.0. The first-order chi connectivity index (χ1) is 12.6. The smallest absolute Gasteiger partial charge is 0.242 e. The molecular weight excluding hydrogens is 344 g/mol. The second-order valence-electron chi connectivity index (χ2n) is 9.18. The molecule has 1 unspecified atom stereocenters. The summed E-state index contributed by atoms with van der Waals surface area (Å²) < 4.78 is 0. The molecule has 0 spiro atoms. The van der Waals surface area contributed by atoms with Crippen molar-refractivity contribution in [3.8, 4) is 0 Å². The van der Waals surface area contributed by atoms with Gasteiger partial charge in [-0.3, -0.25) is 9.59 Å². The van der Waals surface area contributed by atoms with Gasteiger partial charge in [0.05, 0.1) is 12.6 Å². The van der Waals surface area contributed by atoms with E-state index in [0.29, 0.717) is 0 Å². The van der Waals surface area contributed by atoms with Crippen LogP contribution in [0.15, 0.2) is 16.8 Å². The van der Waals surface area contributed by atoms with E-state index in [-0.39, 0.29) is 29.8 Å². The van der Waals surface area contributed by atoms with Gasteiger partial charge in [0.25, 0.3) is 0 Å². The molecule has 4 saturated carbocycles. The van der Waals surface area contributed by atoms with E-state index in [1.54, 1.807) is 11.3 Å². The van der Waals surface area contributed by atoms with Crippen LogP contribution in [0, 0.1) is 23.2 Å². The van der Waals surface area contributed by atoms with Gasteiger partial charge >= 0.3 is 0 Å². The monoisotopic (exact) mass is 372 g/mol. The molecule has 4 nitrogen and oxygen atoms in total. The number of likely N-dealkylation sites (tertiary alicyclic amines) is 1. The van der Waals surface area contributed by atoms with Crippen LogP contribution in [0.5, 0.6) is 0 Å². The molecule has 5 heteroatoms. The third-order valence-electron chi connectivity index (χ3n) is 7.42. The number of carbonyl (C=O) groups excluding carboxylic acids is 2. The van der Waals surface area contributed by atoms with E-state index < -0.39 is 0 Å². The Labute approximate surface area is 159 Å². The number of hydrogen-bond donors (Lipinski definition) is 1. The van der Waals surface area contributed by atoms with Gasteiger partial charge in [0.15, 0.2) is 0 Å². The third-order valence-corrected chi connectivity index (χ3v) is 8.12. The molecule has 1 aliphatic heterocycles. The number of nitrogens with zero attached hydrogens (tertiary/aromatic N) is 1. The van der Waals surface area contributed by atoms with E-state index in [2.05, 4.69) is 22.1 Å². The van der Waals surface area contributed by atoms with Gasteiger partial charge in [0.1, 0.15) is 0 Å². The average Bonchev–Trinajstić information content (AvgIpc) is 3.28. The number of hydrogen-bond acceptors (Lipinski definition) is 3. The van der Waals surface area contributed by atoms with Crippen molar-refractivity contribution in [3.05, 3.63) is 22.4 Å². The zero-order valence-electron chi connectivity index (χ0n) is 15.3. The second-order valence-corrected chi connectivity index (χ2v) is 9.96. The highest BCUT2D eigenvalue weighted by Gasteiger charge is 2.54. The lowest BCUT2D eigenvalue weighted by Gasteiger charge is -2.55. The Morgan fingerprint density at radius 1 is 1.15 bits per heavy atom. The normalized spacial score (nSPS) is 37.9. The van der Waals surface area contributed by atoms with Crippen molar-refractivity contribution in [2.45, 2.75) is 57.4 Å². The van der Waals surface area contributed by atoms with Crippen LogP contribution in [0.1, 0.15) is 63.0 Å². The highest BCUT2D eigenvalue weighted by molar-refractivity contribution is 7.08. The minimum absolute atomic E-state index is 0.0804. The fourth-order valence-corrected chi connectivity index (χ4v) is 7.42. The lowest BCUT2D eigenvalue weighted by molar-refractivity contribution is -0.148. The second kappa shape index (κ2) is 6.36. The lowest BCUT2D eigenvalue weighted by Crippen LogP contribution is -2.54. The summed E-state index contributed by atoms with van der Waals surface area (Å²) in [5, 5.41) is 7.27. The van der Waals surface area contributed by atoms with Crippen molar-refractivity contribution in [2.75, 3.05) is 13.1 Å². The Morgan fingerprint density at radius 3 is 2.46 bits per heavy atom. The van der Waals surface area contributed by atoms with Crippen LogP contribution in [0.3, 0.4) is 0 Å². The van der Waals surface area contributed by atoms with Crippen molar-refractivity contribution >= 4 is 23.2 Å². The topological polar surface area (TPSA) is 49.4 Å². The first-order valence-electron chi connectivity index (χ1n) is 10.2. The summed E-state index contributed by atoms with van der Waals surface area (Å²) in [5.74, 6) is 2.51. The minimum Gasteiger partial charge on any atom is -0.347 e. The van der Waals surface area contributed by atoms with Crippen molar-refractivity contribution in [1.29, 1.82) is 0 Å². The third kappa shape index (κ3) is 2.79. The Balaban J connectivity index is 1.22. The summed E-state index contributed by atoms with van der Waals surface area (Å²) in [5.41, 5.74) is 1.08. The van der Waals surface area contributed by atoms with E-state index in [1.165, 1.54) is 24.8 Å². The van der Waals surface area contributed by atoms with Crippen LogP contribution < -0.4 is 5.32 Å². The van der Waals surface area contributed by atoms with Gasteiger partial charge in [-0.2, -0.15) is 11.3 Å². The quantitative estimate of drug-likeness (QED) is 0.875. The van der Waals surface area contributed by atoms with E-state index in [1.807, 2.05) is 4.90 Å². The van der Waals surface area contributed by atoms with E-state index >= 15 is 0 Å². The standard InChI is InChI=1S/C21H28N2O2S/c24-19(23-4-1-2-18(23)17-3-5-26-13-17)12-22-20(25)21-9-14-6-15(10-21)8-16(7-14)11-21/h3,5,13-16,18H,1-2,4,6-12H2,(H,22,25). The first-order valence-corrected chi connectivity index (χ1v) is 11.2. The van der Waals surface area contributed by atoms with Crippen LogP contribution in [-0.2, 0) is 9.59 Å². The zero-order chi connectivity index (χ0) is 17.7. The molecule has 6 rings (SSSR count). The zero-order valence-corrected chi connectivity index (χ0v) is 16.1. The molecule has 140 valence electrons. The van der Waals surface area contributed by atoms with Crippen molar-refractivity contribution < 1.29 is 9.59 Å². The summed E-state index contributed by atoms with van der Waals surface area (Å²) in [6.45, 7) is 0.980. The Morgan fingerprint density at radius 2 is 1.85 bits per heavy atom. The van der Waals surface area contributed by atoms with Crippen molar-refractivity contribution in [2.24, 2.45) is 23.2 Å². The van der Waals surface area contributed by atoms with Crippen LogP contribution in [0.4, 0.5) is 0 Å². The largest absolute Gasteiger partial charge is 0.347 e. The fourth-order valence-electron chi connectivity index (χ4n) is 6.71. The average molecular weight is 373 g/mol. The van der Waals surface area contributed by atoms with Gasteiger partial charge in [0, 0.05) is 12.0 Å². The molecule has 0 radical (unpaired) electrons. The van der Waals surface area contributed by atoms with Crippen molar-refractivity contribution in [3.63, 3.8) is 0 Å². The SMILES string of the molecule is O=C(CNC(=O)C12CC3CC(CC(C3)C1)C2)N1CCCC1c1ccsc1. The molecule has 1 aromatic heterocycles. The molecule has 2 heterocycles. The summed E-state index contributed by atoms with van der Waals surface area (Å²) in [6, 6.07) is 2.32. The van der Waals surface area contributed by atoms with E-state index in [0.717, 1.165) is 56.4 Å². The molecule has 1 saturated heterocycles. The summed E-state index contributed by atoms with van der Waals surface area (Å²) in [7, 11) is 0. The summed E-state index contributed by atoms with van der Waals surface area (Å²) >= 11 is 1.68. The number of carbonyl (C=O) groups is 2. The number of thiophene rings is 1. The van der Waals surface area contributed by atoms with E-state index in [9.17, 15) is 9.59 Å². The molecule has 26 heavy (non-hydrogen) atoms. The van der Waals surface area contributed by atoms with Crippen LogP contribution in [0.2, 0.25) is 0 Å². The minimum atomic E-state index is -0.160. The number of rotatable bonds is 4.